The molecule has 76 valence electrons. The highest BCUT2D eigenvalue weighted by atomic mass is 15.0. The van der Waals surface area contributed by atoms with Crippen LogP contribution in [0.1, 0.15) is 25.5 Å². The van der Waals surface area contributed by atoms with Crippen molar-refractivity contribution in [1.29, 1.82) is 0 Å². The fourth-order valence-electron chi connectivity index (χ4n) is 1.95. The Bertz CT molecular complexity index is 541. The second-order valence-corrected chi connectivity index (χ2v) is 4.15. The number of fused-ring (bicyclic) bond motifs is 1. The standard InChI is InChI=1S/C13H14N2/c1-9(2)15-6-5-11-7-10(3)8-12(14-4)13(11)15/h5-9H,1-3H3. The van der Waals surface area contributed by atoms with Crippen LogP contribution in [0.25, 0.3) is 15.7 Å². The van der Waals surface area contributed by atoms with Crippen molar-refractivity contribution in [2.45, 2.75) is 26.8 Å². The smallest absolute Gasteiger partial charge is 0.211 e. The van der Waals surface area contributed by atoms with Gasteiger partial charge in [0.05, 0.1) is 12.1 Å². The molecule has 1 aromatic heterocycles. The first kappa shape index (κ1) is 9.79. The lowest BCUT2D eigenvalue weighted by molar-refractivity contribution is 0.623. The van der Waals surface area contributed by atoms with Gasteiger partial charge in [-0.15, -0.1) is 0 Å². The van der Waals surface area contributed by atoms with Gasteiger partial charge in [0.1, 0.15) is 0 Å². The summed E-state index contributed by atoms with van der Waals surface area (Å²) in [4.78, 5) is 3.60. The molecule has 0 bridgehead atoms. The molecule has 1 aromatic carbocycles. The molecular weight excluding hydrogens is 184 g/mol. The molecule has 0 N–H and O–H groups in total. The molecule has 0 aliphatic carbocycles. The molecule has 0 amide bonds. The maximum Gasteiger partial charge on any atom is 0.211 e. The molecule has 0 fully saturated rings. The van der Waals surface area contributed by atoms with E-state index in [0.717, 1.165) is 22.2 Å². The van der Waals surface area contributed by atoms with Crippen molar-refractivity contribution in [3.63, 3.8) is 0 Å². The first-order chi connectivity index (χ1) is 7.13. The summed E-state index contributed by atoms with van der Waals surface area (Å²) < 4.78 is 2.15. The highest BCUT2D eigenvalue weighted by Gasteiger charge is 2.09. The van der Waals surface area contributed by atoms with Crippen LogP contribution >= 0.6 is 0 Å². The zero-order valence-corrected chi connectivity index (χ0v) is 9.28. The third-order valence-electron chi connectivity index (χ3n) is 2.61. The van der Waals surface area contributed by atoms with Gasteiger partial charge in [-0.25, -0.2) is 4.85 Å². The molecule has 2 rings (SSSR count). The molecule has 15 heavy (non-hydrogen) atoms. The van der Waals surface area contributed by atoms with Crippen molar-refractivity contribution in [2.75, 3.05) is 0 Å². The van der Waals surface area contributed by atoms with Crippen molar-refractivity contribution in [1.82, 2.24) is 4.57 Å². The number of aryl methyl sites for hydroxylation is 1. The quantitative estimate of drug-likeness (QED) is 0.611. The summed E-state index contributed by atoms with van der Waals surface area (Å²) in [6.45, 7) is 13.5. The van der Waals surface area contributed by atoms with Crippen molar-refractivity contribution in [3.05, 3.63) is 41.4 Å². The fraction of sp³-hybridized carbons (Fsp3) is 0.308. The predicted octanol–water partition coefficient (Wildman–Crippen LogP) is 4.08. The minimum absolute atomic E-state index is 0.394. The van der Waals surface area contributed by atoms with Crippen LogP contribution < -0.4 is 0 Å². The topological polar surface area (TPSA) is 9.29 Å². The summed E-state index contributed by atoms with van der Waals surface area (Å²) in [7, 11) is 0. The van der Waals surface area contributed by atoms with E-state index in [1.54, 1.807) is 0 Å². The Balaban J connectivity index is 2.85. The van der Waals surface area contributed by atoms with Crippen molar-refractivity contribution >= 4 is 16.6 Å². The minimum atomic E-state index is 0.394. The predicted molar refractivity (Wildman–Crippen MR) is 63.3 cm³/mol. The lowest BCUT2D eigenvalue weighted by atomic mass is 10.1. The minimum Gasteiger partial charge on any atom is -0.354 e. The molecule has 2 heteroatoms. The Kier molecular flexibility index (Phi) is 2.24. The van der Waals surface area contributed by atoms with Gasteiger partial charge < -0.3 is 4.57 Å². The lowest BCUT2D eigenvalue weighted by Gasteiger charge is -2.10. The summed E-state index contributed by atoms with van der Waals surface area (Å²) in [5.41, 5.74) is 2.96. The van der Waals surface area contributed by atoms with Gasteiger partial charge in [-0.1, -0.05) is 17.7 Å². The van der Waals surface area contributed by atoms with Gasteiger partial charge in [0, 0.05) is 12.2 Å². The highest BCUT2D eigenvalue weighted by molar-refractivity contribution is 5.93. The Morgan fingerprint density at radius 1 is 1.33 bits per heavy atom. The van der Waals surface area contributed by atoms with E-state index in [4.69, 9.17) is 6.57 Å². The average Bonchev–Trinajstić information content (AvgIpc) is 2.59. The third kappa shape index (κ3) is 1.50. The SMILES string of the molecule is [C-]#[N+]c1cc(C)cc2ccn(C(C)C)c12. The van der Waals surface area contributed by atoms with E-state index in [0.29, 0.717) is 6.04 Å². The molecule has 0 saturated heterocycles. The molecule has 0 aliphatic rings. The van der Waals surface area contributed by atoms with Crippen LogP contribution in [0, 0.1) is 13.5 Å². The Morgan fingerprint density at radius 3 is 2.67 bits per heavy atom. The Labute approximate surface area is 90.0 Å². The highest BCUT2D eigenvalue weighted by Crippen LogP contribution is 2.30. The van der Waals surface area contributed by atoms with E-state index < -0.39 is 0 Å². The van der Waals surface area contributed by atoms with E-state index in [1.165, 1.54) is 0 Å². The normalized spacial score (nSPS) is 10.9. The maximum absolute atomic E-state index is 7.21. The van der Waals surface area contributed by atoms with Gasteiger partial charge in [-0.05, 0) is 32.2 Å². The Morgan fingerprint density at radius 2 is 2.07 bits per heavy atom. The van der Waals surface area contributed by atoms with Gasteiger partial charge in [0.2, 0.25) is 5.69 Å². The summed E-state index contributed by atoms with van der Waals surface area (Å²) in [6.07, 6.45) is 2.06. The number of nitrogens with zero attached hydrogens (tertiary/aromatic N) is 2. The molecule has 0 atom stereocenters. The Hall–Kier alpha value is -1.75. The first-order valence-corrected chi connectivity index (χ1v) is 5.12. The number of benzene rings is 1. The van der Waals surface area contributed by atoms with Crippen molar-refractivity contribution in [3.8, 4) is 0 Å². The summed E-state index contributed by atoms with van der Waals surface area (Å²) >= 11 is 0. The zero-order valence-electron chi connectivity index (χ0n) is 9.28. The largest absolute Gasteiger partial charge is 0.354 e. The van der Waals surface area contributed by atoms with Crippen LogP contribution in [0.2, 0.25) is 0 Å². The zero-order chi connectivity index (χ0) is 11.0. The van der Waals surface area contributed by atoms with Gasteiger partial charge in [0.15, 0.2) is 0 Å². The van der Waals surface area contributed by atoms with E-state index in [9.17, 15) is 0 Å². The molecule has 0 aliphatic heterocycles. The molecular formula is C13H14N2. The third-order valence-corrected chi connectivity index (χ3v) is 2.61. The number of rotatable bonds is 1. The van der Waals surface area contributed by atoms with Crippen molar-refractivity contribution < 1.29 is 0 Å². The average molecular weight is 198 g/mol. The van der Waals surface area contributed by atoms with Crippen LogP contribution in [-0.4, -0.2) is 4.57 Å². The maximum atomic E-state index is 7.21. The van der Waals surface area contributed by atoms with Crippen LogP contribution in [-0.2, 0) is 0 Å². The molecule has 0 spiro atoms. The lowest BCUT2D eigenvalue weighted by Crippen LogP contribution is -1.97. The van der Waals surface area contributed by atoms with Crippen LogP contribution in [0.3, 0.4) is 0 Å². The van der Waals surface area contributed by atoms with Gasteiger partial charge in [-0.3, -0.25) is 0 Å². The van der Waals surface area contributed by atoms with Crippen LogP contribution in [0.4, 0.5) is 5.69 Å². The molecule has 2 nitrogen and oxygen atoms in total. The molecule has 0 radical (unpaired) electrons. The monoisotopic (exact) mass is 198 g/mol. The second kappa shape index (κ2) is 3.43. The molecule has 1 heterocycles. The van der Waals surface area contributed by atoms with E-state index >= 15 is 0 Å². The summed E-state index contributed by atoms with van der Waals surface area (Å²) in [5.74, 6) is 0. The van der Waals surface area contributed by atoms with E-state index in [1.807, 2.05) is 13.0 Å². The van der Waals surface area contributed by atoms with E-state index in [-0.39, 0.29) is 0 Å². The number of aromatic nitrogens is 1. The van der Waals surface area contributed by atoms with Gasteiger partial charge in [-0.2, -0.15) is 0 Å². The van der Waals surface area contributed by atoms with Crippen LogP contribution in [0.5, 0.6) is 0 Å². The second-order valence-electron chi connectivity index (χ2n) is 4.15. The molecule has 2 aromatic rings. The summed E-state index contributed by atoms with van der Waals surface area (Å²) in [5, 5.41) is 1.16. The number of hydrogen-bond donors (Lipinski definition) is 0. The first-order valence-electron chi connectivity index (χ1n) is 5.12. The van der Waals surface area contributed by atoms with Gasteiger partial charge in [0.25, 0.3) is 0 Å². The molecule has 0 saturated carbocycles. The van der Waals surface area contributed by atoms with Crippen LogP contribution in [0.15, 0.2) is 24.4 Å². The molecule has 0 unspecified atom stereocenters. The summed E-state index contributed by atoms with van der Waals surface area (Å²) in [6, 6.07) is 6.56. The number of hydrogen-bond acceptors (Lipinski definition) is 0. The van der Waals surface area contributed by atoms with E-state index in [2.05, 4.69) is 41.6 Å². The fourth-order valence-corrected chi connectivity index (χ4v) is 1.95. The van der Waals surface area contributed by atoms with Crippen molar-refractivity contribution in [2.24, 2.45) is 0 Å². The van der Waals surface area contributed by atoms with Gasteiger partial charge >= 0.3 is 0 Å².